The standard InChI is InChI=1S/C23H16N4O/c28-23(26-19-10-4-8-17-9-5-12-24-22(17)19)18-11-13-27-15-20(25-21(27)14-18)16-6-2-1-3-7-16/h1-15H,(H,26,28). The minimum atomic E-state index is -0.190. The van der Waals surface area contributed by atoms with Crippen LogP contribution in [0.15, 0.2) is 91.4 Å². The van der Waals surface area contributed by atoms with Crippen molar-refractivity contribution in [1.82, 2.24) is 14.4 Å². The van der Waals surface area contributed by atoms with Crippen molar-refractivity contribution in [2.24, 2.45) is 0 Å². The fraction of sp³-hybridized carbons (Fsp3) is 0. The average molecular weight is 364 g/mol. The highest BCUT2D eigenvalue weighted by Gasteiger charge is 2.11. The van der Waals surface area contributed by atoms with Crippen molar-refractivity contribution in [2.75, 3.05) is 5.32 Å². The first-order valence-electron chi connectivity index (χ1n) is 8.97. The van der Waals surface area contributed by atoms with Crippen LogP contribution in [-0.4, -0.2) is 20.3 Å². The average Bonchev–Trinajstić information content (AvgIpc) is 3.18. The predicted molar refractivity (Wildman–Crippen MR) is 110 cm³/mol. The Labute approximate surface area is 161 Å². The number of fused-ring (bicyclic) bond motifs is 2. The zero-order chi connectivity index (χ0) is 18.9. The molecule has 0 aliphatic carbocycles. The summed E-state index contributed by atoms with van der Waals surface area (Å²) in [6.45, 7) is 0. The number of hydrogen-bond acceptors (Lipinski definition) is 3. The van der Waals surface area contributed by atoms with Gasteiger partial charge >= 0.3 is 0 Å². The van der Waals surface area contributed by atoms with Gasteiger partial charge in [0.05, 0.1) is 16.9 Å². The van der Waals surface area contributed by atoms with Gasteiger partial charge in [0, 0.05) is 35.1 Å². The highest BCUT2D eigenvalue weighted by atomic mass is 16.1. The van der Waals surface area contributed by atoms with Crippen molar-refractivity contribution < 1.29 is 4.79 Å². The second kappa shape index (κ2) is 6.63. The summed E-state index contributed by atoms with van der Waals surface area (Å²) in [5.74, 6) is -0.190. The van der Waals surface area contributed by atoms with Gasteiger partial charge in [-0.15, -0.1) is 0 Å². The molecule has 0 aliphatic rings. The van der Waals surface area contributed by atoms with E-state index >= 15 is 0 Å². The zero-order valence-electron chi connectivity index (χ0n) is 14.9. The molecule has 0 radical (unpaired) electrons. The van der Waals surface area contributed by atoms with E-state index in [0.717, 1.165) is 27.8 Å². The van der Waals surface area contributed by atoms with Gasteiger partial charge in [0.25, 0.3) is 5.91 Å². The largest absolute Gasteiger partial charge is 0.320 e. The van der Waals surface area contributed by atoms with E-state index in [0.29, 0.717) is 11.3 Å². The van der Waals surface area contributed by atoms with Crippen LogP contribution in [0.5, 0.6) is 0 Å². The molecule has 5 aromatic rings. The molecule has 0 unspecified atom stereocenters. The summed E-state index contributed by atoms with van der Waals surface area (Å²) in [5.41, 5.74) is 4.64. The molecule has 0 saturated carbocycles. The smallest absolute Gasteiger partial charge is 0.255 e. The molecular weight excluding hydrogens is 348 g/mol. The van der Waals surface area contributed by atoms with Gasteiger partial charge in [0.1, 0.15) is 5.65 Å². The summed E-state index contributed by atoms with van der Waals surface area (Å²) in [5, 5.41) is 3.95. The fourth-order valence-corrected chi connectivity index (χ4v) is 3.27. The Hall–Kier alpha value is -3.99. The first-order valence-corrected chi connectivity index (χ1v) is 8.97. The highest BCUT2D eigenvalue weighted by molar-refractivity contribution is 6.08. The van der Waals surface area contributed by atoms with E-state index < -0.39 is 0 Å². The van der Waals surface area contributed by atoms with Crippen LogP contribution in [0.4, 0.5) is 5.69 Å². The number of benzene rings is 2. The van der Waals surface area contributed by atoms with Gasteiger partial charge in [-0.25, -0.2) is 4.98 Å². The molecule has 0 atom stereocenters. The normalized spacial score (nSPS) is 11.0. The van der Waals surface area contributed by atoms with Crippen molar-refractivity contribution in [2.45, 2.75) is 0 Å². The third kappa shape index (κ3) is 2.89. The number of hydrogen-bond donors (Lipinski definition) is 1. The van der Waals surface area contributed by atoms with Gasteiger partial charge in [0.2, 0.25) is 0 Å². The molecule has 5 rings (SSSR count). The van der Waals surface area contributed by atoms with Gasteiger partial charge in [-0.1, -0.05) is 48.5 Å². The summed E-state index contributed by atoms with van der Waals surface area (Å²) in [4.78, 5) is 21.8. The summed E-state index contributed by atoms with van der Waals surface area (Å²) < 4.78 is 1.92. The predicted octanol–water partition coefficient (Wildman–Crippen LogP) is 4.80. The number of nitrogens with one attached hydrogen (secondary N) is 1. The van der Waals surface area contributed by atoms with Gasteiger partial charge in [-0.2, -0.15) is 0 Å². The third-order valence-corrected chi connectivity index (χ3v) is 4.67. The van der Waals surface area contributed by atoms with Crippen LogP contribution < -0.4 is 5.32 Å². The maximum absolute atomic E-state index is 12.8. The third-order valence-electron chi connectivity index (χ3n) is 4.67. The lowest BCUT2D eigenvalue weighted by atomic mass is 10.2. The lowest BCUT2D eigenvalue weighted by Crippen LogP contribution is -2.12. The van der Waals surface area contributed by atoms with Gasteiger partial charge in [-0.05, 0) is 24.3 Å². The van der Waals surface area contributed by atoms with Crippen LogP contribution in [0.2, 0.25) is 0 Å². The molecule has 5 nitrogen and oxygen atoms in total. The van der Waals surface area contributed by atoms with Crippen molar-refractivity contribution >= 4 is 28.1 Å². The number of rotatable bonds is 3. The molecule has 1 N–H and O–H groups in total. The summed E-state index contributed by atoms with van der Waals surface area (Å²) >= 11 is 0. The monoisotopic (exact) mass is 364 g/mol. The quantitative estimate of drug-likeness (QED) is 0.500. The van der Waals surface area contributed by atoms with E-state index in [9.17, 15) is 4.79 Å². The molecule has 3 heterocycles. The molecule has 0 bridgehead atoms. The van der Waals surface area contributed by atoms with Gasteiger partial charge in [-0.3, -0.25) is 9.78 Å². The maximum Gasteiger partial charge on any atom is 0.255 e. The Morgan fingerprint density at radius 1 is 0.929 bits per heavy atom. The second-order valence-electron chi connectivity index (χ2n) is 6.51. The Bertz CT molecular complexity index is 1300. The van der Waals surface area contributed by atoms with Crippen molar-refractivity contribution in [1.29, 1.82) is 0 Å². The number of para-hydroxylation sites is 1. The van der Waals surface area contributed by atoms with Crippen LogP contribution in [0.1, 0.15) is 10.4 Å². The summed E-state index contributed by atoms with van der Waals surface area (Å²) in [6, 6.07) is 23.1. The second-order valence-corrected chi connectivity index (χ2v) is 6.51. The molecule has 28 heavy (non-hydrogen) atoms. The Balaban J connectivity index is 1.48. The molecule has 0 aliphatic heterocycles. The van der Waals surface area contributed by atoms with E-state index in [1.165, 1.54) is 0 Å². The molecule has 1 amide bonds. The number of amides is 1. The first kappa shape index (κ1) is 16.2. The van der Waals surface area contributed by atoms with Crippen molar-refractivity contribution in [3.8, 4) is 11.3 Å². The lowest BCUT2D eigenvalue weighted by Gasteiger charge is -2.08. The number of imidazole rings is 1. The van der Waals surface area contributed by atoms with Crippen LogP contribution >= 0.6 is 0 Å². The van der Waals surface area contributed by atoms with Crippen LogP contribution in [0.25, 0.3) is 27.8 Å². The molecule has 0 spiro atoms. The first-order chi connectivity index (χ1) is 13.8. The van der Waals surface area contributed by atoms with Crippen LogP contribution in [0, 0.1) is 0 Å². The molecule has 0 fully saturated rings. The highest BCUT2D eigenvalue weighted by Crippen LogP contribution is 2.22. The van der Waals surface area contributed by atoms with Crippen molar-refractivity contribution in [3.05, 3.63) is 97.0 Å². The van der Waals surface area contributed by atoms with E-state index in [1.807, 2.05) is 77.5 Å². The van der Waals surface area contributed by atoms with Gasteiger partial charge < -0.3 is 9.72 Å². The topological polar surface area (TPSA) is 59.3 Å². The summed E-state index contributed by atoms with van der Waals surface area (Å²) in [7, 11) is 0. The van der Waals surface area contributed by atoms with Crippen molar-refractivity contribution in [3.63, 3.8) is 0 Å². The molecular formula is C23H16N4O. The molecule has 5 heteroatoms. The molecule has 2 aromatic carbocycles. The Morgan fingerprint density at radius 3 is 2.68 bits per heavy atom. The number of carbonyl (C=O) groups excluding carboxylic acids is 1. The number of nitrogens with zero attached hydrogens (tertiary/aromatic N) is 3. The minimum absolute atomic E-state index is 0.190. The molecule has 0 saturated heterocycles. The number of pyridine rings is 2. The lowest BCUT2D eigenvalue weighted by molar-refractivity contribution is 0.102. The maximum atomic E-state index is 12.8. The number of anilines is 1. The number of aromatic nitrogens is 3. The Kier molecular flexibility index (Phi) is 3.84. The summed E-state index contributed by atoms with van der Waals surface area (Å²) in [6.07, 6.45) is 5.53. The van der Waals surface area contributed by atoms with Gasteiger partial charge in [0.15, 0.2) is 0 Å². The Morgan fingerprint density at radius 2 is 1.79 bits per heavy atom. The number of carbonyl (C=O) groups is 1. The zero-order valence-corrected chi connectivity index (χ0v) is 14.9. The fourth-order valence-electron chi connectivity index (χ4n) is 3.27. The van der Waals surface area contributed by atoms with E-state index in [1.54, 1.807) is 18.3 Å². The molecule has 3 aromatic heterocycles. The molecule has 134 valence electrons. The van der Waals surface area contributed by atoms with E-state index in [-0.39, 0.29) is 5.91 Å². The van der Waals surface area contributed by atoms with E-state index in [2.05, 4.69) is 15.3 Å². The SMILES string of the molecule is O=C(Nc1cccc2cccnc12)c1ccn2cc(-c3ccccc3)nc2c1. The van der Waals surface area contributed by atoms with Crippen LogP contribution in [-0.2, 0) is 0 Å². The van der Waals surface area contributed by atoms with Crippen LogP contribution in [0.3, 0.4) is 0 Å². The minimum Gasteiger partial charge on any atom is -0.320 e. The van der Waals surface area contributed by atoms with E-state index in [4.69, 9.17) is 0 Å².